The summed E-state index contributed by atoms with van der Waals surface area (Å²) in [5, 5.41) is 9.46. The van der Waals surface area contributed by atoms with Crippen LogP contribution in [0, 0.1) is 0 Å². The lowest BCUT2D eigenvalue weighted by atomic mass is 10.2. The number of imidazole rings is 1. The van der Waals surface area contributed by atoms with Crippen molar-refractivity contribution in [3.63, 3.8) is 0 Å². The van der Waals surface area contributed by atoms with Gasteiger partial charge in [0.2, 0.25) is 10.0 Å². The molecule has 0 saturated carbocycles. The molecule has 4 rings (SSSR count). The number of sulfonamides is 1. The zero-order valence-corrected chi connectivity index (χ0v) is 19.5. The van der Waals surface area contributed by atoms with Crippen LogP contribution in [0.15, 0.2) is 58.6 Å². The van der Waals surface area contributed by atoms with Gasteiger partial charge in [-0.05, 0) is 25.1 Å². The van der Waals surface area contributed by atoms with E-state index in [0.29, 0.717) is 11.3 Å². The van der Waals surface area contributed by atoms with Crippen molar-refractivity contribution < 1.29 is 8.42 Å². The Morgan fingerprint density at radius 3 is 2.48 bits per heavy atom. The fourth-order valence-corrected chi connectivity index (χ4v) is 5.18. The van der Waals surface area contributed by atoms with Crippen molar-refractivity contribution in [2.75, 3.05) is 14.1 Å². The summed E-state index contributed by atoms with van der Waals surface area (Å²) >= 11 is 1.55. The molecule has 0 bridgehead atoms. The van der Waals surface area contributed by atoms with Crippen LogP contribution in [0.2, 0.25) is 0 Å². The van der Waals surface area contributed by atoms with E-state index in [4.69, 9.17) is 4.98 Å². The van der Waals surface area contributed by atoms with Crippen molar-refractivity contribution >= 4 is 32.8 Å². The van der Waals surface area contributed by atoms with E-state index < -0.39 is 10.0 Å². The highest BCUT2D eigenvalue weighted by atomic mass is 32.2. The van der Waals surface area contributed by atoms with E-state index >= 15 is 0 Å². The number of aryl methyl sites for hydroxylation is 1. The second-order valence-electron chi connectivity index (χ2n) is 7.23. The van der Waals surface area contributed by atoms with Gasteiger partial charge in [-0.15, -0.1) is 10.2 Å². The summed E-state index contributed by atoms with van der Waals surface area (Å²) in [6.45, 7) is 2.79. The first-order valence-corrected chi connectivity index (χ1v) is 12.2. The lowest BCUT2D eigenvalue weighted by molar-refractivity contribution is 0.521. The van der Waals surface area contributed by atoms with Crippen LogP contribution in [0.3, 0.4) is 0 Å². The smallest absolute Gasteiger partial charge is 0.242 e. The Kier molecular flexibility index (Phi) is 5.87. The molecule has 31 heavy (non-hydrogen) atoms. The number of hydrogen-bond donors (Lipinski definition) is 0. The Balaban J connectivity index is 1.63. The molecule has 0 spiro atoms. The Morgan fingerprint density at radius 2 is 1.81 bits per heavy atom. The molecule has 4 aromatic rings. The quantitative estimate of drug-likeness (QED) is 0.396. The van der Waals surface area contributed by atoms with Crippen molar-refractivity contribution in [3.05, 3.63) is 54.4 Å². The third kappa shape index (κ3) is 3.98. The fraction of sp³-hybridized carbons (Fsp3) is 0.286. The van der Waals surface area contributed by atoms with Gasteiger partial charge in [0.1, 0.15) is 5.82 Å². The Labute approximate surface area is 186 Å². The molecule has 2 heterocycles. The van der Waals surface area contributed by atoms with Gasteiger partial charge in [-0.1, -0.05) is 42.1 Å². The molecule has 0 aliphatic carbocycles. The molecule has 0 atom stereocenters. The van der Waals surface area contributed by atoms with Gasteiger partial charge in [0, 0.05) is 33.3 Å². The zero-order valence-electron chi connectivity index (χ0n) is 17.8. The summed E-state index contributed by atoms with van der Waals surface area (Å²) in [5.74, 6) is 2.27. The van der Waals surface area contributed by atoms with E-state index in [9.17, 15) is 8.42 Å². The molecule has 0 radical (unpaired) electrons. The maximum Gasteiger partial charge on any atom is 0.242 e. The van der Waals surface area contributed by atoms with Crippen molar-refractivity contribution in [1.82, 2.24) is 28.6 Å². The van der Waals surface area contributed by atoms with E-state index in [1.807, 2.05) is 48.0 Å². The van der Waals surface area contributed by atoms with Gasteiger partial charge in [0.05, 0.1) is 21.7 Å². The molecule has 0 amide bonds. The number of benzene rings is 2. The fourth-order valence-electron chi connectivity index (χ4n) is 3.40. The minimum Gasteiger partial charge on any atom is -0.328 e. The largest absolute Gasteiger partial charge is 0.328 e. The van der Waals surface area contributed by atoms with Crippen LogP contribution < -0.4 is 0 Å². The van der Waals surface area contributed by atoms with E-state index in [2.05, 4.69) is 21.7 Å². The number of nitrogens with zero attached hydrogens (tertiary/aromatic N) is 6. The van der Waals surface area contributed by atoms with Crippen molar-refractivity contribution in [2.45, 2.75) is 29.3 Å². The zero-order chi connectivity index (χ0) is 22.2. The third-order valence-electron chi connectivity index (χ3n) is 5.09. The number of rotatable bonds is 7. The molecule has 162 valence electrons. The van der Waals surface area contributed by atoms with E-state index in [1.165, 1.54) is 18.4 Å². The van der Waals surface area contributed by atoms with Gasteiger partial charge >= 0.3 is 0 Å². The van der Waals surface area contributed by atoms with Crippen molar-refractivity contribution in [3.8, 4) is 11.4 Å². The van der Waals surface area contributed by atoms with Crippen LogP contribution >= 0.6 is 11.8 Å². The molecule has 2 aromatic heterocycles. The predicted octanol–water partition coefficient (Wildman–Crippen LogP) is 3.39. The maximum absolute atomic E-state index is 12.5. The van der Waals surface area contributed by atoms with Gasteiger partial charge in [-0.2, -0.15) is 0 Å². The molecule has 8 nitrogen and oxygen atoms in total. The number of fused-ring (bicyclic) bond motifs is 1. The molecule has 0 N–H and O–H groups in total. The predicted molar refractivity (Wildman–Crippen MR) is 122 cm³/mol. The molecule has 0 unspecified atom stereocenters. The van der Waals surface area contributed by atoms with Crippen LogP contribution in [0.1, 0.15) is 12.7 Å². The molecule has 10 heteroatoms. The highest BCUT2D eigenvalue weighted by Crippen LogP contribution is 2.28. The van der Waals surface area contributed by atoms with Crippen LogP contribution in [0.25, 0.3) is 22.4 Å². The molecule has 0 aliphatic heterocycles. The number of thioether (sulfide) groups is 1. The summed E-state index contributed by atoms with van der Waals surface area (Å²) < 4.78 is 30.2. The van der Waals surface area contributed by atoms with E-state index in [0.717, 1.165) is 34.4 Å². The first kappa shape index (κ1) is 21.5. The van der Waals surface area contributed by atoms with Crippen LogP contribution in [0.4, 0.5) is 0 Å². The molecular weight excluding hydrogens is 432 g/mol. The first-order chi connectivity index (χ1) is 14.8. The normalized spacial score (nSPS) is 12.2. The Hall–Kier alpha value is -2.69. The van der Waals surface area contributed by atoms with Gasteiger partial charge in [-0.25, -0.2) is 17.7 Å². The van der Waals surface area contributed by atoms with Crippen LogP contribution in [0.5, 0.6) is 0 Å². The highest BCUT2D eigenvalue weighted by molar-refractivity contribution is 7.98. The van der Waals surface area contributed by atoms with Gasteiger partial charge < -0.3 is 9.13 Å². The Bertz CT molecular complexity index is 1330. The maximum atomic E-state index is 12.5. The van der Waals surface area contributed by atoms with E-state index in [1.54, 1.807) is 23.9 Å². The minimum atomic E-state index is -3.51. The average molecular weight is 457 g/mol. The molecular formula is C21H24N6O2S2. The highest BCUT2D eigenvalue weighted by Gasteiger charge is 2.20. The summed E-state index contributed by atoms with van der Waals surface area (Å²) in [5.41, 5.74) is 2.60. The SMILES string of the molecule is CCn1c(CSc2nnc(-c3ccccc3)n2C)nc2cc(S(=O)(=O)N(C)C)ccc21. The topological polar surface area (TPSA) is 85.9 Å². The molecule has 2 aromatic carbocycles. The van der Waals surface area contributed by atoms with Crippen LogP contribution in [-0.4, -0.2) is 51.1 Å². The summed E-state index contributed by atoms with van der Waals surface area (Å²) in [7, 11) is 1.49. The lowest BCUT2D eigenvalue weighted by Crippen LogP contribution is -2.22. The Morgan fingerprint density at radius 1 is 1.06 bits per heavy atom. The summed E-state index contributed by atoms with van der Waals surface area (Å²) in [6, 6.07) is 15.0. The molecule has 0 fully saturated rings. The van der Waals surface area contributed by atoms with Crippen molar-refractivity contribution in [2.24, 2.45) is 7.05 Å². The second kappa shape index (κ2) is 8.45. The van der Waals surface area contributed by atoms with Gasteiger partial charge in [0.25, 0.3) is 0 Å². The minimum absolute atomic E-state index is 0.241. The van der Waals surface area contributed by atoms with E-state index in [-0.39, 0.29) is 4.90 Å². The summed E-state index contributed by atoms with van der Waals surface area (Å²) in [6.07, 6.45) is 0. The first-order valence-electron chi connectivity index (χ1n) is 9.82. The number of hydrogen-bond acceptors (Lipinski definition) is 6. The van der Waals surface area contributed by atoms with Gasteiger partial charge in [-0.3, -0.25) is 0 Å². The average Bonchev–Trinajstić information content (AvgIpc) is 3.31. The third-order valence-corrected chi connectivity index (χ3v) is 7.92. The van der Waals surface area contributed by atoms with Crippen molar-refractivity contribution in [1.29, 1.82) is 0 Å². The standard InChI is InChI=1S/C21H24N6O2S2/c1-5-27-18-12-11-16(31(28,29)25(2)3)13-17(18)22-19(27)14-30-21-24-23-20(26(21)4)15-9-7-6-8-10-15/h6-13H,5,14H2,1-4H3. The second-order valence-corrected chi connectivity index (χ2v) is 10.3. The lowest BCUT2D eigenvalue weighted by Gasteiger charge is -2.11. The van der Waals surface area contributed by atoms with Gasteiger partial charge in [0.15, 0.2) is 11.0 Å². The van der Waals surface area contributed by atoms with Crippen LogP contribution in [-0.2, 0) is 29.4 Å². The monoisotopic (exact) mass is 456 g/mol. The summed E-state index contributed by atoms with van der Waals surface area (Å²) in [4.78, 5) is 4.97. The molecule has 0 aliphatic rings. The molecule has 0 saturated heterocycles. The number of aromatic nitrogens is 5.